The van der Waals surface area contributed by atoms with Crippen LogP contribution in [0.1, 0.15) is 24.2 Å². The number of carbonyl (C=O) groups is 3. The van der Waals surface area contributed by atoms with Gasteiger partial charge in [0, 0.05) is 37.0 Å². The molecule has 1 aromatic rings. The van der Waals surface area contributed by atoms with Gasteiger partial charge in [-0.25, -0.2) is 0 Å². The van der Waals surface area contributed by atoms with Crippen molar-refractivity contribution in [3.63, 3.8) is 0 Å². The van der Waals surface area contributed by atoms with Crippen molar-refractivity contribution in [2.75, 3.05) is 19.4 Å². The van der Waals surface area contributed by atoms with Crippen LogP contribution in [-0.4, -0.2) is 36.6 Å². The van der Waals surface area contributed by atoms with Crippen molar-refractivity contribution >= 4 is 23.3 Å². The number of carbonyl (C=O) groups excluding carboxylic acids is 3. The van der Waals surface area contributed by atoms with Crippen LogP contribution < -0.4 is 5.32 Å². The van der Waals surface area contributed by atoms with Crippen molar-refractivity contribution < 1.29 is 14.4 Å². The van der Waals surface area contributed by atoms with Gasteiger partial charge >= 0.3 is 0 Å². The van der Waals surface area contributed by atoms with Crippen LogP contribution in [0.2, 0.25) is 0 Å². The predicted molar refractivity (Wildman–Crippen MR) is 77.5 cm³/mol. The van der Waals surface area contributed by atoms with Crippen LogP contribution >= 0.6 is 0 Å². The molecule has 0 aliphatic heterocycles. The highest BCUT2D eigenvalue weighted by molar-refractivity contribution is 6.07. The molecule has 0 spiro atoms. The maximum absolute atomic E-state index is 11.9. The van der Waals surface area contributed by atoms with Gasteiger partial charge in [-0.3, -0.25) is 14.4 Å². The van der Waals surface area contributed by atoms with E-state index in [0.29, 0.717) is 16.8 Å². The fraction of sp³-hybridized carbons (Fsp3) is 0.267. The maximum Gasteiger partial charge on any atom is 0.251 e. The van der Waals surface area contributed by atoms with Gasteiger partial charge in [0.25, 0.3) is 5.91 Å². The minimum atomic E-state index is -0.351. The Kier molecular flexibility index (Phi) is 5.20. The second kappa shape index (κ2) is 6.65. The fourth-order valence-corrected chi connectivity index (χ4v) is 1.40. The van der Waals surface area contributed by atoms with Crippen molar-refractivity contribution in [1.29, 1.82) is 0 Å². The summed E-state index contributed by atoms with van der Waals surface area (Å²) in [6.07, 6.45) is 1.28. The van der Waals surface area contributed by atoms with Crippen LogP contribution in [0.25, 0.3) is 0 Å². The number of nitrogens with one attached hydrogen (secondary N) is 1. The van der Waals surface area contributed by atoms with E-state index in [-0.39, 0.29) is 17.6 Å². The topological polar surface area (TPSA) is 66.5 Å². The monoisotopic (exact) mass is 274 g/mol. The van der Waals surface area contributed by atoms with E-state index in [4.69, 9.17) is 0 Å². The molecule has 1 rings (SSSR count). The molecular formula is C15H18N2O3. The quantitative estimate of drug-likeness (QED) is 0.673. The van der Waals surface area contributed by atoms with Crippen LogP contribution in [0.3, 0.4) is 0 Å². The first-order valence-corrected chi connectivity index (χ1v) is 6.13. The SMILES string of the molecule is CC(=O)c1ccc(NC(=O)/C(C)=C\C(=O)N(C)C)cc1. The van der Waals surface area contributed by atoms with E-state index in [0.717, 1.165) is 0 Å². The van der Waals surface area contributed by atoms with E-state index in [1.807, 2.05) is 0 Å². The van der Waals surface area contributed by atoms with Gasteiger partial charge in [-0.05, 0) is 38.1 Å². The van der Waals surface area contributed by atoms with Crippen molar-refractivity contribution in [3.8, 4) is 0 Å². The van der Waals surface area contributed by atoms with Gasteiger partial charge in [0.1, 0.15) is 0 Å². The number of rotatable bonds is 4. The minimum absolute atomic E-state index is 0.0319. The number of amides is 2. The predicted octanol–water partition coefficient (Wildman–Crippen LogP) is 1.86. The number of ketones is 1. The minimum Gasteiger partial charge on any atom is -0.345 e. The third-order valence-corrected chi connectivity index (χ3v) is 2.69. The van der Waals surface area contributed by atoms with Gasteiger partial charge in [-0.15, -0.1) is 0 Å². The number of anilines is 1. The molecule has 0 saturated heterocycles. The zero-order chi connectivity index (χ0) is 15.3. The second-order valence-electron chi connectivity index (χ2n) is 4.65. The van der Waals surface area contributed by atoms with E-state index >= 15 is 0 Å². The van der Waals surface area contributed by atoms with Gasteiger partial charge in [0.15, 0.2) is 5.78 Å². The molecule has 0 atom stereocenters. The molecule has 0 saturated carbocycles. The molecule has 106 valence electrons. The molecule has 0 fully saturated rings. The van der Waals surface area contributed by atoms with E-state index in [1.54, 1.807) is 45.3 Å². The number of likely N-dealkylation sites (N-methyl/N-ethyl adjacent to an activating group) is 1. The summed E-state index contributed by atoms with van der Waals surface area (Å²) < 4.78 is 0. The Morgan fingerprint density at radius 1 is 1.05 bits per heavy atom. The summed E-state index contributed by atoms with van der Waals surface area (Å²) in [5.74, 6) is -0.629. The summed E-state index contributed by atoms with van der Waals surface area (Å²) in [6, 6.07) is 6.58. The van der Waals surface area contributed by atoms with Gasteiger partial charge < -0.3 is 10.2 Å². The Morgan fingerprint density at radius 3 is 2.05 bits per heavy atom. The molecule has 0 aromatic heterocycles. The average molecular weight is 274 g/mol. The average Bonchev–Trinajstić information content (AvgIpc) is 2.38. The first-order chi connectivity index (χ1) is 9.31. The van der Waals surface area contributed by atoms with Crippen LogP contribution in [0, 0.1) is 0 Å². The van der Waals surface area contributed by atoms with Crippen LogP contribution in [-0.2, 0) is 9.59 Å². The number of benzene rings is 1. The molecule has 5 nitrogen and oxygen atoms in total. The molecule has 0 radical (unpaired) electrons. The summed E-state index contributed by atoms with van der Waals surface area (Å²) >= 11 is 0. The second-order valence-corrected chi connectivity index (χ2v) is 4.65. The number of nitrogens with zero attached hydrogens (tertiary/aromatic N) is 1. The molecular weight excluding hydrogens is 256 g/mol. The molecule has 0 bridgehead atoms. The molecule has 1 aromatic carbocycles. The summed E-state index contributed by atoms with van der Waals surface area (Å²) in [5, 5.41) is 2.66. The lowest BCUT2D eigenvalue weighted by molar-refractivity contribution is -0.124. The van der Waals surface area contributed by atoms with Crippen molar-refractivity contribution in [3.05, 3.63) is 41.5 Å². The smallest absolute Gasteiger partial charge is 0.251 e. The Labute approximate surface area is 118 Å². The van der Waals surface area contributed by atoms with E-state index in [9.17, 15) is 14.4 Å². The van der Waals surface area contributed by atoms with E-state index < -0.39 is 0 Å². The molecule has 0 unspecified atom stereocenters. The molecule has 0 aliphatic rings. The van der Waals surface area contributed by atoms with E-state index in [2.05, 4.69) is 5.32 Å². The van der Waals surface area contributed by atoms with Crippen LogP contribution in [0.15, 0.2) is 35.9 Å². The highest BCUT2D eigenvalue weighted by Gasteiger charge is 2.08. The summed E-state index contributed by atoms with van der Waals surface area (Å²) in [6.45, 7) is 3.05. The third-order valence-electron chi connectivity index (χ3n) is 2.69. The van der Waals surface area contributed by atoms with Crippen LogP contribution in [0.5, 0.6) is 0 Å². The maximum atomic E-state index is 11.9. The Balaban J connectivity index is 2.75. The standard InChI is InChI=1S/C15H18N2O3/c1-10(9-14(19)17(3)4)15(20)16-13-7-5-12(6-8-13)11(2)18/h5-9H,1-4H3,(H,16,20)/b10-9-. The normalized spacial score (nSPS) is 10.9. The first-order valence-electron chi connectivity index (χ1n) is 6.13. The molecule has 1 N–H and O–H groups in total. The Bertz CT molecular complexity index is 557. The molecule has 0 heterocycles. The third kappa shape index (κ3) is 4.35. The van der Waals surface area contributed by atoms with Crippen molar-refractivity contribution in [2.45, 2.75) is 13.8 Å². The summed E-state index contributed by atoms with van der Waals surface area (Å²) in [7, 11) is 3.23. The number of hydrogen-bond acceptors (Lipinski definition) is 3. The molecule has 5 heteroatoms. The van der Waals surface area contributed by atoms with Gasteiger partial charge in [0.05, 0.1) is 0 Å². The lowest BCUT2D eigenvalue weighted by Gasteiger charge is -2.08. The van der Waals surface area contributed by atoms with Gasteiger partial charge in [-0.2, -0.15) is 0 Å². The zero-order valence-electron chi connectivity index (χ0n) is 12.1. The van der Waals surface area contributed by atoms with Gasteiger partial charge in [-0.1, -0.05) is 0 Å². The number of Topliss-reactive ketones (excluding diaryl/α,β-unsaturated/α-hetero) is 1. The van der Waals surface area contributed by atoms with Gasteiger partial charge in [0.2, 0.25) is 5.91 Å². The molecule has 2 amide bonds. The lowest BCUT2D eigenvalue weighted by Crippen LogP contribution is -2.21. The first kappa shape index (κ1) is 15.6. The Hall–Kier alpha value is -2.43. The Morgan fingerprint density at radius 2 is 1.60 bits per heavy atom. The lowest BCUT2D eigenvalue weighted by atomic mass is 10.1. The molecule has 0 aliphatic carbocycles. The number of hydrogen-bond donors (Lipinski definition) is 1. The summed E-state index contributed by atoms with van der Waals surface area (Å²) in [4.78, 5) is 35.9. The van der Waals surface area contributed by atoms with Crippen molar-refractivity contribution in [2.24, 2.45) is 0 Å². The zero-order valence-corrected chi connectivity index (χ0v) is 12.1. The highest BCUT2D eigenvalue weighted by Crippen LogP contribution is 2.11. The fourth-order valence-electron chi connectivity index (χ4n) is 1.40. The highest BCUT2D eigenvalue weighted by atomic mass is 16.2. The van der Waals surface area contributed by atoms with Crippen molar-refractivity contribution in [1.82, 2.24) is 4.90 Å². The summed E-state index contributed by atoms with van der Waals surface area (Å²) in [5.41, 5.74) is 1.47. The largest absolute Gasteiger partial charge is 0.345 e. The van der Waals surface area contributed by atoms with E-state index in [1.165, 1.54) is 17.9 Å². The van der Waals surface area contributed by atoms with Crippen LogP contribution in [0.4, 0.5) is 5.69 Å². The molecule has 20 heavy (non-hydrogen) atoms.